The molecule has 2 aliphatic heterocycles. The van der Waals surface area contributed by atoms with E-state index in [1.165, 1.54) is 0 Å². The molecule has 0 bridgehead atoms. The molecule has 2 amide bonds. The second-order valence-electron chi connectivity index (χ2n) is 8.68. The van der Waals surface area contributed by atoms with Crippen molar-refractivity contribution in [2.45, 2.75) is 44.4 Å². The van der Waals surface area contributed by atoms with Gasteiger partial charge in [-0.1, -0.05) is 0 Å². The van der Waals surface area contributed by atoms with Crippen LogP contribution in [0.5, 0.6) is 0 Å². The number of pyridine rings is 1. The number of anilines is 1. The molecule has 4 heterocycles. The van der Waals surface area contributed by atoms with Crippen molar-refractivity contribution >= 4 is 28.7 Å². The molecule has 0 aromatic carbocycles. The molecule has 0 spiro atoms. The van der Waals surface area contributed by atoms with Crippen molar-refractivity contribution < 1.29 is 9.59 Å². The molecule has 2 fully saturated rings. The normalized spacial score (nSPS) is 19.3. The minimum absolute atomic E-state index is 0.0766. The van der Waals surface area contributed by atoms with Gasteiger partial charge in [0.05, 0.1) is 10.9 Å². The van der Waals surface area contributed by atoms with Crippen LogP contribution in [-0.2, 0) is 9.59 Å². The Morgan fingerprint density at radius 1 is 1.26 bits per heavy atom. The Bertz CT molecular complexity index is 1030. The van der Waals surface area contributed by atoms with E-state index >= 15 is 0 Å². The number of amides is 2. The number of rotatable bonds is 6. The van der Waals surface area contributed by atoms with Crippen molar-refractivity contribution in [3.8, 4) is 0 Å². The van der Waals surface area contributed by atoms with Gasteiger partial charge in [-0.2, -0.15) is 0 Å². The molecule has 2 saturated heterocycles. The lowest BCUT2D eigenvalue weighted by Gasteiger charge is -2.33. The summed E-state index contributed by atoms with van der Waals surface area (Å²) in [4.78, 5) is 54.3. The molecule has 2 aromatic rings. The van der Waals surface area contributed by atoms with Crippen LogP contribution in [-0.4, -0.2) is 76.8 Å². The molecule has 0 radical (unpaired) electrons. The van der Waals surface area contributed by atoms with Crippen molar-refractivity contribution in [3.05, 3.63) is 28.3 Å². The molecule has 1 N–H and O–H groups in total. The van der Waals surface area contributed by atoms with Gasteiger partial charge in [-0.3, -0.25) is 14.4 Å². The quantitative estimate of drug-likeness (QED) is 0.751. The second kappa shape index (κ2) is 9.03. The van der Waals surface area contributed by atoms with Crippen LogP contribution in [0, 0.1) is 0 Å². The lowest BCUT2D eigenvalue weighted by Crippen LogP contribution is -2.40. The van der Waals surface area contributed by atoms with Crippen LogP contribution in [0.4, 0.5) is 5.95 Å². The maximum absolute atomic E-state index is 12.8. The number of hydrogen-bond donors (Lipinski definition) is 1. The largest absolute Gasteiger partial charge is 0.347 e. The highest BCUT2D eigenvalue weighted by Crippen LogP contribution is 2.27. The summed E-state index contributed by atoms with van der Waals surface area (Å²) in [6.07, 6.45) is 6.07. The molecule has 166 valence electrons. The number of fused-ring (bicyclic) bond motifs is 1. The molecule has 0 aliphatic carbocycles. The summed E-state index contributed by atoms with van der Waals surface area (Å²) in [5, 5.41) is 0.467. The third-order valence-corrected chi connectivity index (χ3v) is 6.20. The standard InChI is InChI=1S/C22H30N6O3/c1-26(2)22-23-13-16-18(25-22)12-17(24-21(16)31)15-6-3-11-28(14-15)20(30)8-5-10-27-9-4-7-19(27)29/h12-13,15H,3-11,14H2,1-2H3,(H,24,31)/t15-/m1/s1. The van der Waals surface area contributed by atoms with Crippen LogP contribution in [0.15, 0.2) is 17.1 Å². The summed E-state index contributed by atoms with van der Waals surface area (Å²) >= 11 is 0. The molecule has 2 aliphatic rings. The van der Waals surface area contributed by atoms with Crippen molar-refractivity contribution in [2.75, 3.05) is 45.2 Å². The summed E-state index contributed by atoms with van der Waals surface area (Å²) in [5.41, 5.74) is 1.24. The highest BCUT2D eigenvalue weighted by molar-refractivity contribution is 5.79. The van der Waals surface area contributed by atoms with Gasteiger partial charge < -0.3 is 19.7 Å². The smallest absolute Gasteiger partial charge is 0.259 e. The van der Waals surface area contributed by atoms with Gasteiger partial charge >= 0.3 is 0 Å². The molecular weight excluding hydrogens is 396 g/mol. The summed E-state index contributed by atoms with van der Waals surface area (Å²) in [5.74, 6) is 0.956. The Morgan fingerprint density at radius 3 is 2.84 bits per heavy atom. The molecule has 9 heteroatoms. The van der Waals surface area contributed by atoms with E-state index in [9.17, 15) is 14.4 Å². The van der Waals surface area contributed by atoms with Crippen LogP contribution >= 0.6 is 0 Å². The highest BCUT2D eigenvalue weighted by Gasteiger charge is 2.26. The molecule has 4 rings (SSSR count). The zero-order valence-electron chi connectivity index (χ0n) is 18.3. The van der Waals surface area contributed by atoms with E-state index in [1.54, 1.807) is 11.1 Å². The van der Waals surface area contributed by atoms with Gasteiger partial charge in [-0.25, -0.2) is 9.97 Å². The zero-order chi connectivity index (χ0) is 22.0. The molecular formula is C22H30N6O3. The third kappa shape index (κ3) is 4.70. The van der Waals surface area contributed by atoms with Crippen LogP contribution in [0.2, 0.25) is 0 Å². The molecule has 31 heavy (non-hydrogen) atoms. The summed E-state index contributed by atoms with van der Waals surface area (Å²) < 4.78 is 0. The van der Waals surface area contributed by atoms with E-state index in [1.807, 2.05) is 30.0 Å². The Balaban J connectivity index is 1.42. The molecule has 2 aromatic heterocycles. The molecule has 9 nitrogen and oxygen atoms in total. The first-order valence-corrected chi connectivity index (χ1v) is 11.0. The fourth-order valence-electron chi connectivity index (χ4n) is 4.46. The number of H-pyrrole nitrogens is 1. The number of likely N-dealkylation sites (tertiary alicyclic amines) is 2. The van der Waals surface area contributed by atoms with Crippen LogP contribution in [0.3, 0.4) is 0 Å². The van der Waals surface area contributed by atoms with Gasteiger partial charge in [-0.05, 0) is 31.7 Å². The van der Waals surface area contributed by atoms with Crippen molar-refractivity contribution in [3.63, 3.8) is 0 Å². The van der Waals surface area contributed by atoms with E-state index in [0.717, 1.165) is 38.0 Å². The Morgan fingerprint density at radius 2 is 2.10 bits per heavy atom. The monoisotopic (exact) mass is 426 g/mol. The predicted molar refractivity (Wildman–Crippen MR) is 118 cm³/mol. The number of aromatic nitrogens is 3. The topological polar surface area (TPSA) is 103 Å². The van der Waals surface area contributed by atoms with Crippen LogP contribution in [0.1, 0.15) is 50.1 Å². The maximum atomic E-state index is 12.8. The van der Waals surface area contributed by atoms with E-state index in [0.29, 0.717) is 49.2 Å². The first-order chi connectivity index (χ1) is 14.9. The number of piperidine rings is 1. The van der Waals surface area contributed by atoms with Crippen molar-refractivity contribution in [1.29, 1.82) is 0 Å². The number of carbonyl (C=O) groups excluding carboxylic acids is 2. The van der Waals surface area contributed by atoms with Gasteiger partial charge in [0.2, 0.25) is 17.8 Å². The first-order valence-electron chi connectivity index (χ1n) is 11.0. The fraction of sp³-hybridized carbons (Fsp3) is 0.591. The second-order valence-corrected chi connectivity index (χ2v) is 8.68. The van der Waals surface area contributed by atoms with E-state index in [2.05, 4.69) is 15.0 Å². The number of aromatic amines is 1. The van der Waals surface area contributed by atoms with Gasteiger partial charge in [0.25, 0.3) is 5.56 Å². The SMILES string of the molecule is CN(C)c1ncc2c(=O)[nH]c([C@@H]3CCCN(C(=O)CCCN4CCCC4=O)C3)cc2n1. The lowest BCUT2D eigenvalue weighted by molar-refractivity contribution is -0.133. The third-order valence-electron chi connectivity index (χ3n) is 6.20. The maximum Gasteiger partial charge on any atom is 0.259 e. The Labute approximate surface area is 181 Å². The minimum atomic E-state index is -0.198. The average Bonchev–Trinajstić information content (AvgIpc) is 3.18. The van der Waals surface area contributed by atoms with Crippen molar-refractivity contribution in [1.82, 2.24) is 24.8 Å². The number of nitrogens with one attached hydrogen (secondary N) is 1. The number of nitrogens with zero attached hydrogens (tertiary/aromatic N) is 5. The summed E-state index contributed by atoms with van der Waals surface area (Å²) in [7, 11) is 3.72. The molecule has 0 unspecified atom stereocenters. The minimum Gasteiger partial charge on any atom is -0.347 e. The van der Waals surface area contributed by atoms with Crippen molar-refractivity contribution in [2.24, 2.45) is 0 Å². The van der Waals surface area contributed by atoms with Gasteiger partial charge in [0, 0.05) is 70.9 Å². The Kier molecular flexibility index (Phi) is 6.20. The van der Waals surface area contributed by atoms with Crippen LogP contribution in [0.25, 0.3) is 10.9 Å². The molecule has 0 saturated carbocycles. The van der Waals surface area contributed by atoms with E-state index in [-0.39, 0.29) is 23.3 Å². The fourth-order valence-corrected chi connectivity index (χ4v) is 4.46. The van der Waals surface area contributed by atoms with Gasteiger partial charge in [0.1, 0.15) is 0 Å². The lowest BCUT2D eigenvalue weighted by atomic mass is 9.93. The first kappa shape index (κ1) is 21.3. The average molecular weight is 427 g/mol. The van der Waals surface area contributed by atoms with Gasteiger partial charge in [0.15, 0.2) is 0 Å². The summed E-state index contributed by atoms with van der Waals surface area (Å²) in [6.45, 7) is 2.80. The number of carbonyl (C=O) groups is 2. The van der Waals surface area contributed by atoms with E-state index in [4.69, 9.17) is 0 Å². The van der Waals surface area contributed by atoms with E-state index < -0.39 is 0 Å². The van der Waals surface area contributed by atoms with Crippen LogP contribution < -0.4 is 10.5 Å². The number of hydrogen-bond acceptors (Lipinski definition) is 6. The zero-order valence-corrected chi connectivity index (χ0v) is 18.3. The van der Waals surface area contributed by atoms with Gasteiger partial charge in [-0.15, -0.1) is 0 Å². The Hall–Kier alpha value is -2.97. The predicted octanol–water partition coefficient (Wildman–Crippen LogP) is 1.49. The summed E-state index contributed by atoms with van der Waals surface area (Å²) in [6, 6.07) is 1.92. The highest BCUT2D eigenvalue weighted by atomic mass is 16.2. The molecule has 1 atom stereocenters.